The maximum absolute atomic E-state index is 13.5. The number of hydrogen-bond acceptors (Lipinski definition) is 5. The molecule has 0 spiro atoms. The van der Waals surface area contributed by atoms with Crippen molar-refractivity contribution in [3.63, 3.8) is 0 Å². The third kappa shape index (κ3) is 4.64. The van der Waals surface area contributed by atoms with Gasteiger partial charge in [-0.25, -0.2) is 12.8 Å². The molecule has 10 heteroatoms. The van der Waals surface area contributed by atoms with E-state index in [4.69, 9.17) is 0 Å². The summed E-state index contributed by atoms with van der Waals surface area (Å²) in [7, 11) is -3.71. The first-order valence-electron chi connectivity index (χ1n) is 12.1. The molecule has 2 aromatic carbocycles. The molecule has 3 heterocycles. The second kappa shape index (κ2) is 9.58. The molecular formula is C25H29FN4O4S. The predicted octanol–water partition coefficient (Wildman–Crippen LogP) is 3.34. The average molecular weight is 501 g/mol. The summed E-state index contributed by atoms with van der Waals surface area (Å²) in [5.74, 6) is -1.06. The number of hydrogen-bond donors (Lipinski definition) is 1. The Kier molecular flexibility index (Phi) is 6.50. The molecule has 3 aliphatic heterocycles. The highest BCUT2D eigenvalue weighted by atomic mass is 32.2. The van der Waals surface area contributed by atoms with Crippen molar-refractivity contribution in [3.05, 3.63) is 48.3 Å². The summed E-state index contributed by atoms with van der Waals surface area (Å²) in [6, 6.07) is 9.93. The van der Waals surface area contributed by atoms with Gasteiger partial charge in [0.1, 0.15) is 18.4 Å². The largest absolute Gasteiger partial charge is 0.358 e. The Morgan fingerprint density at radius 2 is 1.66 bits per heavy atom. The Balaban J connectivity index is 1.48. The molecule has 8 nitrogen and oxygen atoms in total. The summed E-state index contributed by atoms with van der Waals surface area (Å²) < 4.78 is 41.4. The Labute approximate surface area is 204 Å². The fraction of sp³-hybridized carbons (Fsp3) is 0.440. The summed E-state index contributed by atoms with van der Waals surface area (Å²) in [4.78, 5) is 29.9. The maximum Gasteiger partial charge on any atom is 0.250 e. The van der Waals surface area contributed by atoms with Crippen LogP contribution in [0.15, 0.2) is 47.4 Å². The standard InChI is InChI=1S/C25H29FN4O4S/c26-18-7-9-19(10-8-18)27-24(31)17-30-23-16-20(35(33,34)28-13-3-1-4-14-28)11-12-21(23)29-15-5-2-6-22(29)25(30)32/h7-12,16,22H,1-6,13-15,17H2,(H,27,31). The lowest BCUT2D eigenvalue weighted by Crippen LogP contribution is -2.56. The van der Waals surface area contributed by atoms with Crippen LogP contribution in [0.5, 0.6) is 0 Å². The van der Waals surface area contributed by atoms with Gasteiger partial charge in [0.15, 0.2) is 0 Å². The van der Waals surface area contributed by atoms with E-state index in [9.17, 15) is 22.4 Å². The maximum atomic E-state index is 13.5. The molecule has 1 atom stereocenters. The van der Waals surface area contributed by atoms with Crippen LogP contribution >= 0.6 is 0 Å². The second-order valence-corrected chi connectivity index (χ2v) is 11.2. The SMILES string of the molecule is O=C(CN1C(=O)C2CCCCN2c2ccc(S(=O)(=O)N3CCCCC3)cc21)Nc1ccc(F)cc1. The number of benzene rings is 2. The first-order valence-corrected chi connectivity index (χ1v) is 13.6. The number of anilines is 3. The molecule has 5 rings (SSSR count). The molecular weight excluding hydrogens is 471 g/mol. The van der Waals surface area contributed by atoms with E-state index in [0.717, 1.165) is 37.8 Å². The summed E-state index contributed by atoms with van der Waals surface area (Å²) in [6.07, 6.45) is 5.21. The minimum atomic E-state index is -3.71. The van der Waals surface area contributed by atoms with Crippen molar-refractivity contribution in [1.29, 1.82) is 0 Å². The van der Waals surface area contributed by atoms with Gasteiger partial charge in [-0.2, -0.15) is 4.31 Å². The van der Waals surface area contributed by atoms with E-state index in [1.807, 2.05) is 4.90 Å². The van der Waals surface area contributed by atoms with Crippen LogP contribution in [0.25, 0.3) is 0 Å². The van der Waals surface area contributed by atoms with Gasteiger partial charge in [0.2, 0.25) is 21.8 Å². The fourth-order valence-electron chi connectivity index (χ4n) is 5.19. The number of nitrogens with zero attached hydrogens (tertiary/aromatic N) is 3. The van der Waals surface area contributed by atoms with Crippen molar-refractivity contribution in [3.8, 4) is 0 Å². The van der Waals surface area contributed by atoms with Crippen molar-refractivity contribution in [1.82, 2.24) is 4.31 Å². The van der Waals surface area contributed by atoms with Gasteiger partial charge in [-0.15, -0.1) is 0 Å². The fourth-order valence-corrected chi connectivity index (χ4v) is 6.73. The molecule has 2 amide bonds. The van der Waals surface area contributed by atoms with Gasteiger partial charge in [0, 0.05) is 25.3 Å². The van der Waals surface area contributed by atoms with Crippen molar-refractivity contribution in [2.75, 3.05) is 41.3 Å². The number of amides is 2. The number of halogens is 1. The zero-order valence-corrected chi connectivity index (χ0v) is 20.3. The lowest BCUT2D eigenvalue weighted by molar-refractivity contribution is -0.123. The van der Waals surface area contributed by atoms with Crippen LogP contribution in [0.1, 0.15) is 38.5 Å². The topological polar surface area (TPSA) is 90.0 Å². The quantitative estimate of drug-likeness (QED) is 0.680. The van der Waals surface area contributed by atoms with Crippen molar-refractivity contribution in [2.24, 2.45) is 0 Å². The molecule has 0 bridgehead atoms. The van der Waals surface area contributed by atoms with E-state index in [1.165, 1.54) is 39.5 Å². The number of carbonyl (C=O) groups is 2. The Bertz CT molecular complexity index is 1230. The molecule has 2 aromatic rings. The lowest BCUT2D eigenvalue weighted by Gasteiger charge is -2.45. The summed E-state index contributed by atoms with van der Waals surface area (Å²) >= 11 is 0. The highest BCUT2D eigenvalue weighted by molar-refractivity contribution is 7.89. The van der Waals surface area contributed by atoms with E-state index < -0.39 is 21.7 Å². The summed E-state index contributed by atoms with van der Waals surface area (Å²) in [5, 5.41) is 2.70. The van der Waals surface area contributed by atoms with Crippen LogP contribution in [0.2, 0.25) is 0 Å². The van der Waals surface area contributed by atoms with Crippen LogP contribution in [0.4, 0.5) is 21.5 Å². The van der Waals surface area contributed by atoms with Gasteiger partial charge in [-0.1, -0.05) is 6.42 Å². The van der Waals surface area contributed by atoms with Gasteiger partial charge >= 0.3 is 0 Å². The first kappa shape index (κ1) is 23.7. The molecule has 186 valence electrons. The van der Waals surface area contributed by atoms with E-state index in [1.54, 1.807) is 12.1 Å². The molecule has 0 aromatic heterocycles. The number of sulfonamides is 1. The molecule has 0 radical (unpaired) electrons. The molecule has 0 aliphatic carbocycles. The minimum absolute atomic E-state index is 0.130. The molecule has 2 saturated heterocycles. The third-order valence-electron chi connectivity index (χ3n) is 6.98. The highest BCUT2D eigenvalue weighted by Crippen LogP contribution is 2.41. The minimum Gasteiger partial charge on any atom is -0.358 e. The predicted molar refractivity (Wildman–Crippen MR) is 131 cm³/mol. The van der Waals surface area contributed by atoms with Gasteiger partial charge in [0.05, 0.1) is 16.3 Å². The zero-order chi connectivity index (χ0) is 24.6. The normalized spacial score (nSPS) is 20.8. The Morgan fingerprint density at radius 3 is 2.40 bits per heavy atom. The van der Waals surface area contributed by atoms with E-state index >= 15 is 0 Å². The van der Waals surface area contributed by atoms with Crippen molar-refractivity contribution >= 4 is 38.9 Å². The molecule has 1 unspecified atom stereocenters. The van der Waals surface area contributed by atoms with Crippen LogP contribution in [-0.4, -0.2) is 56.8 Å². The summed E-state index contributed by atoms with van der Waals surface area (Å²) in [5.41, 5.74) is 1.61. The number of rotatable bonds is 5. The Morgan fingerprint density at radius 1 is 0.943 bits per heavy atom. The van der Waals surface area contributed by atoms with E-state index in [2.05, 4.69) is 5.32 Å². The van der Waals surface area contributed by atoms with Crippen LogP contribution in [-0.2, 0) is 19.6 Å². The second-order valence-electron chi connectivity index (χ2n) is 9.30. The van der Waals surface area contributed by atoms with Gasteiger partial charge in [-0.3, -0.25) is 14.5 Å². The molecule has 3 aliphatic rings. The van der Waals surface area contributed by atoms with Gasteiger partial charge < -0.3 is 10.2 Å². The number of nitrogens with one attached hydrogen (secondary N) is 1. The molecule has 1 N–H and O–H groups in total. The first-order chi connectivity index (χ1) is 16.8. The highest BCUT2D eigenvalue weighted by Gasteiger charge is 2.41. The van der Waals surface area contributed by atoms with Gasteiger partial charge in [-0.05, 0) is 74.6 Å². The molecule has 2 fully saturated rings. The monoisotopic (exact) mass is 500 g/mol. The van der Waals surface area contributed by atoms with Crippen LogP contribution in [0, 0.1) is 5.82 Å². The zero-order valence-electron chi connectivity index (χ0n) is 19.5. The smallest absolute Gasteiger partial charge is 0.250 e. The van der Waals surface area contributed by atoms with Gasteiger partial charge in [0.25, 0.3) is 0 Å². The molecule has 0 saturated carbocycles. The Hall–Kier alpha value is -2.98. The summed E-state index contributed by atoms with van der Waals surface area (Å²) in [6.45, 7) is 1.41. The number of carbonyl (C=O) groups excluding carboxylic acids is 2. The van der Waals surface area contributed by atoms with Crippen molar-refractivity contribution in [2.45, 2.75) is 49.5 Å². The molecule has 35 heavy (non-hydrogen) atoms. The van der Waals surface area contributed by atoms with E-state index in [0.29, 0.717) is 37.4 Å². The lowest BCUT2D eigenvalue weighted by atomic mass is 9.96. The van der Waals surface area contributed by atoms with Crippen LogP contribution < -0.4 is 15.1 Å². The van der Waals surface area contributed by atoms with Crippen molar-refractivity contribution < 1.29 is 22.4 Å². The van der Waals surface area contributed by atoms with E-state index in [-0.39, 0.29) is 23.4 Å². The number of fused-ring (bicyclic) bond motifs is 3. The third-order valence-corrected chi connectivity index (χ3v) is 8.88. The number of piperidine rings is 2. The van der Waals surface area contributed by atoms with Crippen LogP contribution in [0.3, 0.4) is 0 Å². The average Bonchev–Trinajstić information content (AvgIpc) is 2.88.